The van der Waals surface area contributed by atoms with Crippen LogP contribution in [-0.4, -0.2) is 41.3 Å². The van der Waals surface area contributed by atoms with Gasteiger partial charge in [-0.15, -0.1) is 5.10 Å². The second kappa shape index (κ2) is 10.9. The predicted octanol–water partition coefficient (Wildman–Crippen LogP) is 4.82. The molecule has 9 heteroatoms. The lowest BCUT2D eigenvalue weighted by atomic mass is 10.0. The van der Waals surface area contributed by atoms with Gasteiger partial charge in [0.05, 0.1) is 18.4 Å². The van der Waals surface area contributed by atoms with E-state index in [-0.39, 0.29) is 0 Å². The van der Waals surface area contributed by atoms with E-state index in [1.165, 1.54) is 0 Å². The number of unbranched alkanes of at least 4 members (excludes halogenated alkanes) is 1. The minimum absolute atomic E-state index is 0.300. The third-order valence-corrected chi connectivity index (χ3v) is 5.91. The van der Waals surface area contributed by atoms with Crippen molar-refractivity contribution in [3.8, 4) is 11.4 Å². The third-order valence-electron chi connectivity index (χ3n) is 5.56. The average molecular weight is 477 g/mol. The zero-order valence-corrected chi connectivity index (χ0v) is 19.5. The summed E-state index contributed by atoms with van der Waals surface area (Å²) in [5, 5.41) is 24.3. The number of aromatic amines is 1. The molecular weight excluding hydrogens is 452 g/mol. The number of tetrazole rings is 1. The van der Waals surface area contributed by atoms with Gasteiger partial charge in [0.1, 0.15) is 5.82 Å². The first kappa shape index (κ1) is 23.4. The molecule has 8 nitrogen and oxygen atoms in total. The number of halogens is 1. The Morgan fingerprint density at radius 2 is 2.03 bits per heavy atom. The van der Waals surface area contributed by atoms with Crippen molar-refractivity contribution in [2.45, 2.75) is 39.2 Å². The van der Waals surface area contributed by atoms with Gasteiger partial charge in [-0.2, -0.15) is 0 Å². The highest BCUT2D eigenvalue weighted by Crippen LogP contribution is 2.25. The maximum absolute atomic E-state index is 12.0. The second-order valence-electron chi connectivity index (χ2n) is 7.98. The summed E-state index contributed by atoms with van der Waals surface area (Å²) in [5.74, 6) is 0.488. The van der Waals surface area contributed by atoms with E-state index in [9.17, 15) is 9.90 Å². The summed E-state index contributed by atoms with van der Waals surface area (Å²) in [6.45, 7) is 2.60. The number of H-pyrrole nitrogens is 1. The second-order valence-corrected chi connectivity index (χ2v) is 8.39. The summed E-state index contributed by atoms with van der Waals surface area (Å²) in [4.78, 5) is 16.6. The standard InChI is InChI=1S/C25H25ClN6O2/c1-2-3-9-23-27-15-21(13-20(25(33)34)12-17-7-5-4-6-8-17)32(23)16-19-11-10-18(14-22(19)26)24-28-30-31-29-24/h4-8,10-11,13-15H,2-3,9,12,16H2,1H3,(H,33,34)(H,28,29,30,31). The Bertz CT molecular complexity index is 1280. The number of aryl methyl sites for hydroxylation is 1. The zero-order chi connectivity index (χ0) is 23.9. The minimum atomic E-state index is -0.949. The number of benzene rings is 2. The molecule has 0 atom stereocenters. The van der Waals surface area contributed by atoms with Crippen molar-refractivity contribution in [1.82, 2.24) is 30.2 Å². The molecule has 0 radical (unpaired) electrons. The maximum Gasteiger partial charge on any atom is 0.331 e. The molecule has 0 saturated heterocycles. The van der Waals surface area contributed by atoms with Gasteiger partial charge in [0.2, 0.25) is 0 Å². The summed E-state index contributed by atoms with van der Waals surface area (Å²) in [6.07, 6.45) is 6.59. The quantitative estimate of drug-likeness (QED) is 0.317. The van der Waals surface area contributed by atoms with Gasteiger partial charge in [-0.3, -0.25) is 0 Å². The molecule has 0 spiro atoms. The van der Waals surface area contributed by atoms with Crippen molar-refractivity contribution in [2.24, 2.45) is 0 Å². The number of carbonyl (C=O) groups is 1. The lowest BCUT2D eigenvalue weighted by molar-refractivity contribution is -0.132. The van der Waals surface area contributed by atoms with Crippen molar-refractivity contribution in [1.29, 1.82) is 0 Å². The first-order chi connectivity index (χ1) is 16.5. The molecule has 2 aromatic heterocycles. The van der Waals surface area contributed by atoms with Gasteiger partial charge in [0, 0.05) is 29.0 Å². The molecule has 174 valence electrons. The van der Waals surface area contributed by atoms with E-state index in [1.807, 2.05) is 53.1 Å². The van der Waals surface area contributed by atoms with Gasteiger partial charge < -0.3 is 9.67 Å². The normalized spacial score (nSPS) is 11.6. The summed E-state index contributed by atoms with van der Waals surface area (Å²) >= 11 is 6.61. The van der Waals surface area contributed by atoms with E-state index in [0.29, 0.717) is 29.4 Å². The van der Waals surface area contributed by atoms with Crippen molar-refractivity contribution < 1.29 is 9.90 Å². The molecule has 34 heavy (non-hydrogen) atoms. The third kappa shape index (κ3) is 5.58. The molecule has 4 rings (SSSR count). The van der Waals surface area contributed by atoms with Gasteiger partial charge in [0.15, 0.2) is 5.82 Å². The van der Waals surface area contributed by atoms with E-state index < -0.39 is 5.97 Å². The van der Waals surface area contributed by atoms with Crippen LogP contribution in [0.3, 0.4) is 0 Å². The van der Waals surface area contributed by atoms with Gasteiger partial charge in [-0.05, 0) is 40.1 Å². The van der Waals surface area contributed by atoms with Crippen molar-refractivity contribution in [3.05, 3.63) is 88.0 Å². The number of hydrogen-bond acceptors (Lipinski definition) is 5. The molecule has 0 aliphatic carbocycles. The van der Waals surface area contributed by atoms with Crippen LogP contribution < -0.4 is 0 Å². The van der Waals surface area contributed by atoms with Crippen LogP contribution in [-0.2, 0) is 24.2 Å². The Labute approximate surface area is 202 Å². The van der Waals surface area contributed by atoms with Crippen LogP contribution in [0.2, 0.25) is 5.02 Å². The zero-order valence-electron chi connectivity index (χ0n) is 18.8. The molecular formula is C25H25ClN6O2. The van der Waals surface area contributed by atoms with Gasteiger partial charge in [-0.1, -0.05) is 67.4 Å². The number of nitrogens with one attached hydrogen (secondary N) is 1. The molecule has 2 heterocycles. The molecule has 0 aliphatic heterocycles. The smallest absolute Gasteiger partial charge is 0.331 e. The first-order valence-corrected chi connectivity index (χ1v) is 11.5. The summed E-state index contributed by atoms with van der Waals surface area (Å²) in [6, 6.07) is 15.2. The number of aromatic nitrogens is 6. The van der Waals surface area contributed by atoms with Crippen LogP contribution in [0.25, 0.3) is 17.5 Å². The van der Waals surface area contributed by atoms with Crippen LogP contribution in [0, 0.1) is 0 Å². The molecule has 0 fully saturated rings. The van der Waals surface area contributed by atoms with Crippen LogP contribution in [0.1, 0.15) is 42.4 Å². The highest BCUT2D eigenvalue weighted by atomic mass is 35.5. The van der Waals surface area contributed by atoms with E-state index in [1.54, 1.807) is 12.3 Å². The van der Waals surface area contributed by atoms with Crippen LogP contribution >= 0.6 is 11.6 Å². The molecule has 2 aromatic carbocycles. The molecule has 0 amide bonds. The van der Waals surface area contributed by atoms with Crippen molar-refractivity contribution in [3.63, 3.8) is 0 Å². The Morgan fingerprint density at radius 1 is 1.21 bits per heavy atom. The number of aliphatic carboxylic acids is 1. The first-order valence-electron chi connectivity index (χ1n) is 11.1. The number of nitrogens with zero attached hydrogens (tertiary/aromatic N) is 5. The fourth-order valence-electron chi connectivity index (χ4n) is 3.72. The Hall–Kier alpha value is -3.78. The highest BCUT2D eigenvalue weighted by Gasteiger charge is 2.15. The maximum atomic E-state index is 12.0. The summed E-state index contributed by atoms with van der Waals surface area (Å²) in [7, 11) is 0. The Morgan fingerprint density at radius 3 is 2.71 bits per heavy atom. The topological polar surface area (TPSA) is 110 Å². The highest BCUT2D eigenvalue weighted by molar-refractivity contribution is 6.31. The molecule has 4 aromatic rings. The SMILES string of the molecule is CCCCc1ncc(C=C(Cc2ccccc2)C(=O)O)n1Cc1ccc(-c2nnn[nH]2)cc1Cl. The van der Waals surface area contributed by atoms with Crippen molar-refractivity contribution >= 4 is 23.6 Å². The van der Waals surface area contributed by atoms with Gasteiger partial charge >= 0.3 is 5.97 Å². The van der Waals surface area contributed by atoms with Crippen molar-refractivity contribution in [2.75, 3.05) is 0 Å². The number of hydrogen-bond donors (Lipinski definition) is 2. The lowest BCUT2D eigenvalue weighted by Crippen LogP contribution is -2.10. The summed E-state index contributed by atoms with van der Waals surface area (Å²) < 4.78 is 2.04. The number of rotatable bonds is 10. The fourth-order valence-corrected chi connectivity index (χ4v) is 3.96. The molecule has 2 N–H and O–H groups in total. The molecule has 0 saturated carbocycles. The largest absolute Gasteiger partial charge is 0.478 e. The number of carboxylic acid groups (broad SMARTS) is 1. The molecule has 0 bridgehead atoms. The van der Waals surface area contributed by atoms with E-state index in [0.717, 1.165) is 47.5 Å². The molecule has 0 unspecified atom stereocenters. The summed E-state index contributed by atoms with van der Waals surface area (Å²) in [5.41, 5.74) is 3.65. The lowest BCUT2D eigenvalue weighted by Gasteiger charge is -2.13. The van der Waals surface area contributed by atoms with Gasteiger partial charge in [0.25, 0.3) is 0 Å². The van der Waals surface area contributed by atoms with E-state index >= 15 is 0 Å². The van der Waals surface area contributed by atoms with Gasteiger partial charge in [-0.25, -0.2) is 14.9 Å². The van der Waals surface area contributed by atoms with E-state index in [4.69, 9.17) is 11.6 Å². The Kier molecular flexibility index (Phi) is 7.49. The van der Waals surface area contributed by atoms with Crippen LogP contribution in [0.15, 0.2) is 60.3 Å². The van der Waals surface area contributed by atoms with E-state index in [2.05, 4.69) is 32.5 Å². The predicted molar refractivity (Wildman–Crippen MR) is 130 cm³/mol. The number of carboxylic acids is 1. The van der Waals surface area contributed by atoms with Crippen LogP contribution in [0.4, 0.5) is 0 Å². The van der Waals surface area contributed by atoms with Crippen LogP contribution in [0.5, 0.6) is 0 Å². The number of imidazole rings is 1. The minimum Gasteiger partial charge on any atom is -0.478 e. The molecule has 0 aliphatic rings. The Balaban J connectivity index is 1.68. The fraction of sp³-hybridized carbons (Fsp3) is 0.240. The monoisotopic (exact) mass is 476 g/mol. The average Bonchev–Trinajstić information content (AvgIpc) is 3.50.